The number of rotatable bonds is 2. The number of aromatic nitrogens is 2. The molecule has 0 spiro atoms. The molecule has 2 saturated heterocycles. The first-order valence-corrected chi connectivity index (χ1v) is 9.39. The number of ether oxygens (including phenoxy) is 3. The van der Waals surface area contributed by atoms with Gasteiger partial charge in [0.15, 0.2) is 12.0 Å². The molecule has 2 aromatic heterocycles. The number of halogens is 1. The van der Waals surface area contributed by atoms with Crippen molar-refractivity contribution in [2.45, 2.75) is 24.4 Å². The Balaban J connectivity index is 1.39. The Bertz CT molecular complexity index is 1070. The van der Waals surface area contributed by atoms with Gasteiger partial charge in [-0.25, -0.2) is 4.98 Å². The SMILES string of the molecule is OC1COC2C(Oc3cc4nc(C#Cc5ccccc5)c(Cl)cc4[nH]3)COC12. The van der Waals surface area contributed by atoms with Crippen LogP contribution in [0.2, 0.25) is 5.02 Å². The van der Waals surface area contributed by atoms with Crippen LogP contribution in [0.3, 0.4) is 0 Å². The van der Waals surface area contributed by atoms with Crippen molar-refractivity contribution >= 4 is 22.6 Å². The van der Waals surface area contributed by atoms with Crippen LogP contribution in [-0.2, 0) is 9.47 Å². The Morgan fingerprint density at radius 3 is 2.79 bits per heavy atom. The van der Waals surface area contributed by atoms with Crippen LogP contribution in [0.15, 0.2) is 42.5 Å². The molecule has 0 amide bonds. The van der Waals surface area contributed by atoms with Gasteiger partial charge in [-0.2, -0.15) is 0 Å². The molecule has 6 nitrogen and oxygen atoms in total. The lowest BCUT2D eigenvalue weighted by atomic mass is 10.1. The number of aliphatic hydroxyl groups is 1. The third-order valence-electron chi connectivity index (χ3n) is 4.89. The molecule has 1 aromatic carbocycles. The van der Waals surface area contributed by atoms with E-state index >= 15 is 0 Å². The fourth-order valence-electron chi connectivity index (χ4n) is 3.52. The second kappa shape index (κ2) is 7.12. The largest absolute Gasteiger partial charge is 0.470 e. The summed E-state index contributed by atoms with van der Waals surface area (Å²) in [7, 11) is 0. The fourth-order valence-corrected chi connectivity index (χ4v) is 3.72. The maximum absolute atomic E-state index is 9.84. The van der Waals surface area contributed by atoms with E-state index in [0.717, 1.165) is 11.1 Å². The van der Waals surface area contributed by atoms with Crippen molar-refractivity contribution in [3.63, 3.8) is 0 Å². The Hall–Kier alpha value is -2.56. The predicted octanol–water partition coefficient (Wildman–Crippen LogP) is 2.52. The summed E-state index contributed by atoms with van der Waals surface area (Å²) in [5.74, 6) is 6.64. The average Bonchev–Trinajstić information content (AvgIpc) is 3.38. The summed E-state index contributed by atoms with van der Waals surface area (Å²) in [6, 6.07) is 13.3. The van der Waals surface area contributed by atoms with E-state index in [1.165, 1.54) is 0 Å². The second-order valence-corrected chi connectivity index (χ2v) is 7.23. The summed E-state index contributed by atoms with van der Waals surface area (Å²) < 4.78 is 17.2. The molecular weight excluding hydrogens is 380 g/mol. The monoisotopic (exact) mass is 396 g/mol. The summed E-state index contributed by atoms with van der Waals surface area (Å²) in [6.07, 6.45) is -1.50. The van der Waals surface area contributed by atoms with Crippen molar-refractivity contribution in [3.8, 4) is 17.7 Å². The number of nitrogens with one attached hydrogen (secondary N) is 1. The molecule has 0 aliphatic carbocycles. The minimum absolute atomic E-state index is 0.266. The van der Waals surface area contributed by atoms with Crippen LogP contribution in [0, 0.1) is 11.8 Å². The molecule has 4 heterocycles. The highest BCUT2D eigenvalue weighted by Gasteiger charge is 2.48. The normalized spacial score (nSPS) is 26.1. The van der Waals surface area contributed by atoms with Gasteiger partial charge in [-0.05, 0) is 24.1 Å². The van der Waals surface area contributed by atoms with E-state index in [4.69, 9.17) is 25.8 Å². The van der Waals surface area contributed by atoms with E-state index in [2.05, 4.69) is 21.8 Å². The van der Waals surface area contributed by atoms with E-state index in [1.54, 1.807) is 12.1 Å². The number of nitrogens with zero attached hydrogens (tertiary/aromatic N) is 1. The quantitative estimate of drug-likeness (QED) is 0.651. The highest BCUT2D eigenvalue weighted by Crippen LogP contribution is 2.31. The molecule has 2 N–H and O–H groups in total. The van der Waals surface area contributed by atoms with Crippen LogP contribution >= 0.6 is 11.6 Å². The summed E-state index contributed by atoms with van der Waals surface area (Å²) in [6.45, 7) is 0.631. The van der Waals surface area contributed by atoms with Gasteiger partial charge < -0.3 is 24.3 Å². The van der Waals surface area contributed by atoms with Gasteiger partial charge >= 0.3 is 0 Å². The average molecular weight is 397 g/mol. The topological polar surface area (TPSA) is 76.6 Å². The first kappa shape index (κ1) is 17.5. The number of benzene rings is 1. The number of fused-ring (bicyclic) bond motifs is 2. The first-order valence-electron chi connectivity index (χ1n) is 9.01. The Labute approximate surface area is 166 Å². The predicted molar refractivity (Wildman–Crippen MR) is 103 cm³/mol. The zero-order valence-electron chi connectivity index (χ0n) is 14.8. The minimum Gasteiger partial charge on any atom is -0.470 e. The van der Waals surface area contributed by atoms with E-state index < -0.39 is 6.10 Å². The molecule has 4 atom stereocenters. The Morgan fingerprint density at radius 2 is 1.93 bits per heavy atom. The van der Waals surface area contributed by atoms with E-state index in [1.807, 2.05) is 30.3 Å². The van der Waals surface area contributed by atoms with Crippen LogP contribution in [0.25, 0.3) is 11.0 Å². The van der Waals surface area contributed by atoms with Crippen molar-refractivity contribution in [3.05, 3.63) is 58.7 Å². The lowest BCUT2D eigenvalue weighted by Crippen LogP contribution is -2.34. The van der Waals surface area contributed by atoms with Gasteiger partial charge in [0.05, 0.1) is 29.3 Å². The van der Waals surface area contributed by atoms with Gasteiger partial charge in [0, 0.05) is 11.6 Å². The van der Waals surface area contributed by atoms with Gasteiger partial charge in [-0.1, -0.05) is 35.7 Å². The molecule has 2 aliphatic rings. The van der Waals surface area contributed by atoms with Crippen molar-refractivity contribution in [1.29, 1.82) is 0 Å². The van der Waals surface area contributed by atoms with Crippen LogP contribution in [-0.4, -0.2) is 52.7 Å². The highest BCUT2D eigenvalue weighted by atomic mass is 35.5. The number of pyridine rings is 1. The van der Waals surface area contributed by atoms with E-state index in [-0.39, 0.29) is 24.9 Å². The van der Waals surface area contributed by atoms with Crippen LogP contribution < -0.4 is 4.74 Å². The second-order valence-electron chi connectivity index (χ2n) is 6.82. The number of hydrogen-bond acceptors (Lipinski definition) is 5. The molecule has 2 aliphatic heterocycles. The van der Waals surface area contributed by atoms with Gasteiger partial charge in [0.1, 0.15) is 24.0 Å². The summed E-state index contributed by atoms with van der Waals surface area (Å²) in [4.78, 5) is 7.71. The highest BCUT2D eigenvalue weighted by molar-refractivity contribution is 6.32. The molecule has 4 unspecified atom stereocenters. The van der Waals surface area contributed by atoms with Gasteiger partial charge in [-0.3, -0.25) is 0 Å². The number of hydrogen-bond donors (Lipinski definition) is 2. The number of H-pyrrole nitrogens is 1. The molecule has 0 saturated carbocycles. The van der Waals surface area contributed by atoms with Crippen LogP contribution in [0.5, 0.6) is 5.88 Å². The van der Waals surface area contributed by atoms with E-state index in [0.29, 0.717) is 28.7 Å². The van der Waals surface area contributed by atoms with Crippen molar-refractivity contribution in [2.75, 3.05) is 13.2 Å². The Kier molecular flexibility index (Phi) is 4.46. The minimum atomic E-state index is -0.604. The molecule has 142 valence electrons. The number of aliphatic hydroxyl groups excluding tert-OH is 1. The third-order valence-corrected chi connectivity index (χ3v) is 5.18. The first-order chi connectivity index (χ1) is 13.7. The maximum Gasteiger partial charge on any atom is 0.193 e. The summed E-state index contributed by atoms with van der Waals surface area (Å²) >= 11 is 6.34. The van der Waals surface area contributed by atoms with Gasteiger partial charge in [0.25, 0.3) is 0 Å². The summed E-state index contributed by atoms with van der Waals surface area (Å²) in [5, 5.41) is 10.3. The zero-order valence-corrected chi connectivity index (χ0v) is 15.5. The van der Waals surface area contributed by atoms with Crippen LogP contribution in [0.4, 0.5) is 0 Å². The molecular formula is C21H17ClN2O4. The molecule has 28 heavy (non-hydrogen) atoms. The molecule has 2 fully saturated rings. The van der Waals surface area contributed by atoms with Crippen molar-refractivity contribution < 1.29 is 19.3 Å². The molecule has 3 aromatic rings. The lowest BCUT2D eigenvalue weighted by molar-refractivity contribution is 0.00794. The fraction of sp³-hybridized carbons (Fsp3) is 0.286. The number of aromatic amines is 1. The Morgan fingerprint density at radius 1 is 1.11 bits per heavy atom. The molecule has 0 radical (unpaired) electrons. The van der Waals surface area contributed by atoms with Crippen molar-refractivity contribution in [2.24, 2.45) is 0 Å². The molecule has 0 bridgehead atoms. The van der Waals surface area contributed by atoms with Gasteiger partial charge in [-0.15, -0.1) is 0 Å². The lowest BCUT2D eigenvalue weighted by Gasteiger charge is -2.16. The maximum atomic E-state index is 9.84. The standard InChI is InChI=1S/C21H17ClN2O4/c22-13-8-15-16(23-14(13)7-6-12-4-2-1-3-5-12)9-19(24-15)28-18-11-27-20-17(25)10-26-21(18)20/h1-5,8-9,17-18,20-21,24-25H,10-11H2. The summed E-state index contributed by atoms with van der Waals surface area (Å²) in [5.41, 5.74) is 2.87. The molecule has 7 heteroatoms. The smallest absolute Gasteiger partial charge is 0.193 e. The molecule has 5 rings (SSSR count). The zero-order chi connectivity index (χ0) is 19.1. The van der Waals surface area contributed by atoms with Crippen molar-refractivity contribution in [1.82, 2.24) is 9.97 Å². The van der Waals surface area contributed by atoms with Gasteiger partial charge in [0.2, 0.25) is 0 Å². The van der Waals surface area contributed by atoms with Crippen LogP contribution in [0.1, 0.15) is 11.3 Å². The van der Waals surface area contributed by atoms with E-state index in [9.17, 15) is 5.11 Å². The third kappa shape index (κ3) is 3.23.